The summed E-state index contributed by atoms with van der Waals surface area (Å²) in [5.41, 5.74) is 2.64. The third kappa shape index (κ3) is 3.98. The Bertz CT molecular complexity index is 1140. The number of hydrogen-bond donors (Lipinski definition) is 1. The number of amides is 2. The van der Waals surface area contributed by atoms with E-state index in [1.54, 1.807) is 12.4 Å². The number of benzene rings is 1. The lowest BCUT2D eigenvalue weighted by Crippen LogP contribution is -2.39. The molecule has 0 saturated carbocycles. The van der Waals surface area contributed by atoms with Gasteiger partial charge >= 0.3 is 0 Å². The fourth-order valence-electron chi connectivity index (χ4n) is 4.60. The van der Waals surface area contributed by atoms with Crippen LogP contribution in [-0.2, 0) is 9.53 Å². The van der Waals surface area contributed by atoms with Crippen LogP contribution in [0.5, 0.6) is 0 Å². The normalized spacial score (nSPS) is 19.4. The van der Waals surface area contributed by atoms with Gasteiger partial charge in [-0.2, -0.15) is 5.10 Å². The number of aromatic nitrogens is 3. The second-order valence-electron chi connectivity index (χ2n) is 8.61. The van der Waals surface area contributed by atoms with Gasteiger partial charge in [-0.05, 0) is 44.4 Å². The van der Waals surface area contributed by atoms with Gasteiger partial charge in [-0.3, -0.25) is 14.6 Å². The molecular weight excluding hydrogens is 406 g/mol. The zero-order valence-electron chi connectivity index (χ0n) is 18.2. The fourth-order valence-corrected chi connectivity index (χ4v) is 4.60. The monoisotopic (exact) mass is 433 g/mol. The van der Waals surface area contributed by atoms with Crippen molar-refractivity contribution in [2.75, 3.05) is 31.6 Å². The van der Waals surface area contributed by atoms with Crippen LogP contribution < -0.4 is 5.32 Å². The van der Waals surface area contributed by atoms with Crippen LogP contribution in [-0.4, -0.2) is 57.8 Å². The summed E-state index contributed by atoms with van der Waals surface area (Å²) in [5, 5.41) is 8.36. The molecule has 3 aromatic rings. The van der Waals surface area contributed by atoms with Gasteiger partial charge in [0.1, 0.15) is 5.82 Å². The van der Waals surface area contributed by atoms with E-state index in [-0.39, 0.29) is 23.8 Å². The van der Waals surface area contributed by atoms with Crippen LogP contribution >= 0.6 is 0 Å². The molecule has 0 bridgehead atoms. The Morgan fingerprint density at radius 1 is 1.09 bits per heavy atom. The van der Waals surface area contributed by atoms with Crippen LogP contribution in [0.25, 0.3) is 10.9 Å². The van der Waals surface area contributed by atoms with Crippen molar-refractivity contribution in [3.05, 3.63) is 53.9 Å². The van der Waals surface area contributed by atoms with Crippen molar-refractivity contribution in [2.45, 2.75) is 32.2 Å². The second-order valence-corrected chi connectivity index (χ2v) is 8.61. The lowest BCUT2D eigenvalue weighted by Gasteiger charge is -2.33. The number of pyridine rings is 1. The van der Waals surface area contributed by atoms with E-state index in [2.05, 4.69) is 15.4 Å². The maximum absolute atomic E-state index is 13.3. The molecule has 2 fully saturated rings. The van der Waals surface area contributed by atoms with Crippen molar-refractivity contribution in [3.63, 3.8) is 0 Å². The Kier molecular flexibility index (Phi) is 5.61. The van der Waals surface area contributed by atoms with Crippen LogP contribution in [0.4, 0.5) is 5.82 Å². The van der Waals surface area contributed by atoms with Gasteiger partial charge in [0.05, 0.1) is 35.8 Å². The highest BCUT2D eigenvalue weighted by Crippen LogP contribution is 2.28. The number of piperidine rings is 1. The molecule has 2 amide bonds. The van der Waals surface area contributed by atoms with Gasteiger partial charge < -0.3 is 15.0 Å². The number of ether oxygens (including phenoxy) is 1. The first-order chi connectivity index (χ1) is 15.6. The van der Waals surface area contributed by atoms with E-state index < -0.39 is 0 Å². The zero-order chi connectivity index (χ0) is 22.1. The number of nitrogens with one attached hydrogen (secondary N) is 1. The predicted octanol–water partition coefficient (Wildman–Crippen LogP) is 3.19. The van der Waals surface area contributed by atoms with E-state index in [1.165, 1.54) is 0 Å². The van der Waals surface area contributed by atoms with E-state index in [9.17, 15) is 9.59 Å². The van der Waals surface area contributed by atoms with E-state index in [4.69, 9.17) is 4.74 Å². The van der Waals surface area contributed by atoms with Gasteiger partial charge in [-0.1, -0.05) is 11.6 Å². The summed E-state index contributed by atoms with van der Waals surface area (Å²) in [6.45, 7) is 4.41. The Balaban J connectivity index is 1.26. The lowest BCUT2D eigenvalue weighted by atomic mass is 10.0. The van der Waals surface area contributed by atoms with Gasteiger partial charge in [0.2, 0.25) is 5.91 Å². The molecule has 0 radical (unpaired) electrons. The van der Waals surface area contributed by atoms with Crippen molar-refractivity contribution in [3.8, 4) is 0 Å². The summed E-state index contributed by atoms with van der Waals surface area (Å²) in [7, 11) is 0. The average molecular weight is 434 g/mol. The van der Waals surface area contributed by atoms with Crippen LogP contribution in [0, 0.1) is 12.8 Å². The summed E-state index contributed by atoms with van der Waals surface area (Å²) in [5.74, 6) is 0.632. The predicted molar refractivity (Wildman–Crippen MR) is 120 cm³/mol. The Morgan fingerprint density at radius 2 is 1.94 bits per heavy atom. The standard InChI is InChI=1S/C24H27N5O3/c1-16-2-3-21-20(14-16)19(4-9-25-21)24(31)28-11-6-18(7-12-28)29-22(5-10-26-29)27-23(30)17-8-13-32-15-17/h2-5,9-10,14,17-18H,6-8,11-13,15H2,1H3,(H,27,30). The first kappa shape index (κ1) is 20.6. The minimum Gasteiger partial charge on any atom is -0.381 e. The Morgan fingerprint density at radius 3 is 2.72 bits per heavy atom. The number of anilines is 1. The summed E-state index contributed by atoms with van der Waals surface area (Å²) in [6.07, 6.45) is 5.73. The summed E-state index contributed by atoms with van der Waals surface area (Å²) in [6, 6.07) is 9.77. The van der Waals surface area contributed by atoms with Crippen molar-refractivity contribution >= 4 is 28.5 Å². The Labute approximate surface area is 186 Å². The molecule has 32 heavy (non-hydrogen) atoms. The van der Waals surface area contributed by atoms with Crippen molar-refractivity contribution in [1.82, 2.24) is 19.7 Å². The van der Waals surface area contributed by atoms with Crippen LogP contribution in [0.3, 0.4) is 0 Å². The molecule has 2 saturated heterocycles. The highest BCUT2D eigenvalue weighted by Gasteiger charge is 2.29. The lowest BCUT2D eigenvalue weighted by molar-refractivity contribution is -0.119. The summed E-state index contributed by atoms with van der Waals surface area (Å²) < 4.78 is 7.21. The van der Waals surface area contributed by atoms with Gasteiger partial charge in [-0.25, -0.2) is 4.68 Å². The molecule has 0 spiro atoms. The largest absolute Gasteiger partial charge is 0.381 e. The van der Waals surface area contributed by atoms with Crippen LogP contribution in [0.15, 0.2) is 42.7 Å². The molecule has 2 aliphatic rings. The smallest absolute Gasteiger partial charge is 0.254 e. The van der Waals surface area contributed by atoms with Crippen molar-refractivity contribution < 1.29 is 14.3 Å². The zero-order valence-corrected chi connectivity index (χ0v) is 18.2. The number of rotatable bonds is 4. The summed E-state index contributed by atoms with van der Waals surface area (Å²) >= 11 is 0. The summed E-state index contributed by atoms with van der Waals surface area (Å²) in [4.78, 5) is 32.1. The Hall–Kier alpha value is -3.26. The molecule has 0 aliphatic carbocycles. The number of fused-ring (bicyclic) bond motifs is 1. The highest BCUT2D eigenvalue weighted by molar-refractivity contribution is 6.06. The number of nitrogens with zero attached hydrogens (tertiary/aromatic N) is 4. The quantitative estimate of drug-likeness (QED) is 0.683. The second kappa shape index (κ2) is 8.70. The van der Waals surface area contributed by atoms with E-state index >= 15 is 0 Å². The fraction of sp³-hybridized carbons (Fsp3) is 0.417. The number of carbonyl (C=O) groups is 2. The molecular formula is C24H27N5O3. The van der Waals surface area contributed by atoms with Gasteiger partial charge in [0.15, 0.2) is 0 Å². The number of aryl methyl sites for hydroxylation is 1. The molecule has 166 valence electrons. The first-order valence-corrected chi connectivity index (χ1v) is 11.2. The minimum atomic E-state index is -0.100. The first-order valence-electron chi connectivity index (χ1n) is 11.2. The van der Waals surface area contributed by atoms with E-state index in [1.807, 2.05) is 46.8 Å². The molecule has 1 unspecified atom stereocenters. The van der Waals surface area contributed by atoms with Gasteiger partial charge in [0, 0.05) is 37.3 Å². The SMILES string of the molecule is Cc1ccc2nccc(C(=O)N3CCC(n4nccc4NC(=O)C4CCOC4)CC3)c2c1. The third-order valence-corrected chi connectivity index (χ3v) is 6.45. The molecule has 8 nitrogen and oxygen atoms in total. The van der Waals surface area contributed by atoms with Gasteiger partial charge in [0.25, 0.3) is 5.91 Å². The molecule has 5 rings (SSSR count). The molecule has 8 heteroatoms. The molecule has 1 N–H and O–H groups in total. The van der Waals surface area contributed by atoms with Crippen LogP contribution in [0.2, 0.25) is 0 Å². The number of hydrogen-bond acceptors (Lipinski definition) is 5. The van der Waals surface area contributed by atoms with Gasteiger partial charge in [-0.15, -0.1) is 0 Å². The maximum atomic E-state index is 13.3. The number of likely N-dealkylation sites (tertiary alicyclic amines) is 1. The van der Waals surface area contributed by atoms with Crippen molar-refractivity contribution in [1.29, 1.82) is 0 Å². The molecule has 4 heterocycles. The van der Waals surface area contributed by atoms with E-state index in [0.717, 1.165) is 35.7 Å². The molecule has 2 aliphatic heterocycles. The molecule has 1 aromatic carbocycles. The highest BCUT2D eigenvalue weighted by atomic mass is 16.5. The van der Waals surface area contributed by atoms with Crippen molar-refractivity contribution in [2.24, 2.45) is 5.92 Å². The third-order valence-electron chi connectivity index (χ3n) is 6.45. The molecule has 2 aromatic heterocycles. The van der Waals surface area contributed by atoms with Crippen LogP contribution in [0.1, 0.15) is 41.2 Å². The topological polar surface area (TPSA) is 89.4 Å². The molecule has 1 atom stereocenters. The minimum absolute atomic E-state index is 0.0169. The van der Waals surface area contributed by atoms with E-state index in [0.29, 0.717) is 37.7 Å². The number of carbonyl (C=O) groups excluding carboxylic acids is 2. The average Bonchev–Trinajstić information content (AvgIpc) is 3.51. The maximum Gasteiger partial charge on any atom is 0.254 e.